The zero-order valence-electron chi connectivity index (χ0n) is 13.7. The summed E-state index contributed by atoms with van der Waals surface area (Å²) in [6, 6.07) is 22.2. The summed E-state index contributed by atoms with van der Waals surface area (Å²) >= 11 is 0. The summed E-state index contributed by atoms with van der Waals surface area (Å²) in [6.07, 6.45) is 0. The summed E-state index contributed by atoms with van der Waals surface area (Å²) in [5.41, 5.74) is 2.04. The largest absolute Gasteiger partial charge is 0.295 e. The van der Waals surface area contributed by atoms with Crippen LogP contribution >= 0.6 is 0 Å². The molecule has 0 saturated carbocycles. The molecule has 0 N–H and O–H groups in total. The number of benzene rings is 3. The highest BCUT2D eigenvalue weighted by molar-refractivity contribution is 6.14. The Bertz CT molecular complexity index is 872. The third-order valence-corrected chi connectivity index (χ3v) is 3.94. The number of hydrogen-bond acceptors (Lipinski definition) is 3. The molecule has 3 aromatic carbocycles. The SMILES string of the molecule is CC(=O)c1cc(C(=O)c2ccccc2)cc(C(=O)c2ccccc2)c1. The van der Waals surface area contributed by atoms with Crippen LogP contribution in [-0.2, 0) is 0 Å². The molecule has 0 atom stereocenters. The molecule has 0 fully saturated rings. The van der Waals surface area contributed by atoms with E-state index in [1.807, 2.05) is 12.1 Å². The molecule has 0 aromatic heterocycles. The van der Waals surface area contributed by atoms with Gasteiger partial charge in [-0.15, -0.1) is 0 Å². The minimum atomic E-state index is -0.217. The van der Waals surface area contributed by atoms with Crippen LogP contribution in [0.2, 0.25) is 0 Å². The predicted octanol–water partition coefficient (Wildman–Crippen LogP) is 4.35. The van der Waals surface area contributed by atoms with Crippen molar-refractivity contribution in [2.45, 2.75) is 6.92 Å². The van der Waals surface area contributed by atoms with Crippen LogP contribution in [0.1, 0.15) is 49.1 Å². The van der Waals surface area contributed by atoms with Gasteiger partial charge in [-0.2, -0.15) is 0 Å². The summed E-state index contributed by atoms with van der Waals surface area (Å²) in [5.74, 6) is -0.624. The van der Waals surface area contributed by atoms with Crippen molar-refractivity contribution in [3.8, 4) is 0 Å². The predicted molar refractivity (Wildman–Crippen MR) is 96.2 cm³/mol. The van der Waals surface area contributed by atoms with E-state index in [1.54, 1.807) is 66.7 Å². The summed E-state index contributed by atoms with van der Waals surface area (Å²) in [4.78, 5) is 37.3. The Morgan fingerprint density at radius 1 is 0.520 bits per heavy atom. The van der Waals surface area contributed by atoms with E-state index in [-0.39, 0.29) is 17.3 Å². The average Bonchev–Trinajstić information content (AvgIpc) is 2.67. The maximum atomic E-state index is 12.7. The Kier molecular flexibility index (Phi) is 4.66. The van der Waals surface area contributed by atoms with Gasteiger partial charge in [-0.25, -0.2) is 0 Å². The minimum absolute atomic E-state index is 0.190. The lowest BCUT2D eigenvalue weighted by atomic mass is 9.94. The van der Waals surface area contributed by atoms with Gasteiger partial charge in [-0.05, 0) is 25.1 Å². The molecule has 0 bridgehead atoms. The topological polar surface area (TPSA) is 51.2 Å². The lowest BCUT2D eigenvalue weighted by molar-refractivity contribution is 0.101. The monoisotopic (exact) mass is 328 g/mol. The summed E-state index contributed by atoms with van der Waals surface area (Å²) in [6.45, 7) is 1.42. The average molecular weight is 328 g/mol. The van der Waals surface area contributed by atoms with Crippen LogP contribution < -0.4 is 0 Å². The molecule has 3 rings (SSSR count). The number of ketones is 3. The van der Waals surface area contributed by atoms with Gasteiger partial charge < -0.3 is 0 Å². The van der Waals surface area contributed by atoms with Gasteiger partial charge in [0.05, 0.1) is 0 Å². The Balaban J connectivity index is 2.08. The van der Waals surface area contributed by atoms with Gasteiger partial charge in [0.15, 0.2) is 17.3 Å². The molecular weight excluding hydrogens is 312 g/mol. The van der Waals surface area contributed by atoms with Crippen LogP contribution in [0.3, 0.4) is 0 Å². The minimum Gasteiger partial charge on any atom is -0.295 e. The standard InChI is InChI=1S/C22H16O3/c1-15(23)18-12-19(21(24)16-8-4-2-5-9-16)14-20(13-18)22(25)17-10-6-3-7-11-17/h2-14H,1H3. The van der Waals surface area contributed by atoms with Crippen molar-refractivity contribution < 1.29 is 14.4 Å². The van der Waals surface area contributed by atoms with Crippen molar-refractivity contribution >= 4 is 17.3 Å². The molecule has 0 saturated heterocycles. The fraction of sp³-hybridized carbons (Fsp3) is 0.0455. The van der Waals surface area contributed by atoms with Gasteiger partial charge in [0.2, 0.25) is 0 Å². The Hall–Kier alpha value is -3.33. The van der Waals surface area contributed by atoms with Crippen molar-refractivity contribution in [3.63, 3.8) is 0 Å². The van der Waals surface area contributed by atoms with Crippen LogP contribution in [-0.4, -0.2) is 17.3 Å². The second-order valence-corrected chi connectivity index (χ2v) is 5.75. The lowest BCUT2D eigenvalue weighted by Gasteiger charge is -2.08. The molecule has 0 aliphatic rings. The molecule has 3 aromatic rings. The van der Waals surface area contributed by atoms with Crippen molar-refractivity contribution in [1.82, 2.24) is 0 Å². The molecule has 0 aliphatic carbocycles. The molecule has 0 spiro atoms. The van der Waals surface area contributed by atoms with Crippen molar-refractivity contribution in [3.05, 3.63) is 107 Å². The number of carbonyl (C=O) groups excluding carboxylic acids is 3. The first-order valence-electron chi connectivity index (χ1n) is 7.92. The second-order valence-electron chi connectivity index (χ2n) is 5.75. The smallest absolute Gasteiger partial charge is 0.193 e. The van der Waals surface area contributed by atoms with E-state index in [2.05, 4.69) is 0 Å². The van der Waals surface area contributed by atoms with E-state index in [0.717, 1.165) is 0 Å². The first kappa shape index (κ1) is 16.5. The fourth-order valence-corrected chi connectivity index (χ4v) is 2.61. The normalized spacial score (nSPS) is 10.3. The lowest BCUT2D eigenvalue weighted by Crippen LogP contribution is -2.09. The number of hydrogen-bond donors (Lipinski definition) is 0. The molecule has 0 unspecified atom stereocenters. The zero-order chi connectivity index (χ0) is 17.8. The molecule has 3 heteroatoms. The van der Waals surface area contributed by atoms with Gasteiger partial charge >= 0.3 is 0 Å². The molecule has 25 heavy (non-hydrogen) atoms. The maximum Gasteiger partial charge on any atom is 0.193 e. The highest BCUT2D eigenvalue weighted by Crippen LogP contribution is 2.18. The highest BCUT2D eigenvalue weighted by atomic mass is 16.1. The van der Waals surface area contributed by atoms with E-state index < -0.39 is 0 Å². The summed E-state index contributed by atoms with van der Waals surface area (Å²) < 4.78 is 0. The molecular formula is C22H16O3. The van der Waals surface area contributed by atoms with Crippen LogP contribution in [0.15, 0.2) is 78.9 Å². The van der Waals surface area contributed by atoms with E-state index in [4.69, 9.17) is 0 Å². The molecule has 122 valence electrons. The number of rotatable bonds is 5. The Labute approximate surface area is 145 Å². The van der Waals surface area contributed by atoms with Crippen LogP contribution in [0, 0.1) is 0 Å². The Morgan fingerprint density at radius 2 is 0.880 bits per heavy atom. The molecule has 0 amide bonds. The summed E-state index contributed by atoms with van der Waals surface area (Å²) in [7, 11) is 0. The van der Waals surface area contributed by atoms with Crippen molar-refractivity contribution in [1.29, 1.82) is 0 Å². The van der Waals surface area contributed by atoms with Gasteiger partial charge in [-0.3, -0.25) is 14.4 Å². The quantitative estimate of drug-likeness (QED) is 0.654. The van der Waals surface area contributed by atoms with E-state index >= 15 is 0 Å². The van der Waals surface area contributed by atoms with Crippen LogP contribution in [0.4, 0.5) is 0 Å². The van der Waals surface area contributed by atoms with Crippen LogP contribution in [0.5, 0.6) is 0 Å². The first-order valence-corrected chi connectivity index (χ1v) is 7.92. The molecule has 0 radical (unpaired) electrons. The van der Waals surface area contributed by atoms with E-state index in [1.165, 1.54) is 6.92 Å². The molecule has 0 heterocycles. The molecule has 0 aliphatic heterocycles. The van der Waals surface area contributed by atoms with Gasteiger partial charge in [-0.1, -0.05) is 60.7 Å². The Morgan fingerprint density at radius 3 is 1.24 bits per heavy atom. The molecule has 3 nitrogen and oxygen atoms in total. The van der Waals surface area contributed by atoms with Gasteiger partial charge in [0, 0.05) is 27.8 Å². The first-order chi connectivity index (χ1) is 12.1. The summed E-state index contributed by atoms with van der Waals surface area (Å²) in [5, 5.41) is 0. The van der Waals surface area contributed by atoms with E-state index in [0.29, 0.717) is 27.8 Å². The van der Waals surface area contributed by atoms with Crippen molar-refractivity contribution in [2.75, 3.05) is 0 Å². The highest BCUT2D eigenvalue weighted by Gasteiger charge is 2.16. The third-order valence-electron chi connectivity index (χ3n) is 3.94. The van der Waals surface area contributed by atoms with Gasteiger partial charge in [0.25, 0.3) is 0 Å². The van der Waals surface area contributed by atoms with Gasteiger partial charge in [0.1, 0.15) is 0 Å². The maximum absolute atomic E-state index is 12.7. The van der Waals surface area contributed by atoms with Crippen LogP contribution in [0.25, 0.3) is 0 Å². The van der Waals surface area contributed by atoms with E-state index in [9.17, 15) is 14.4 Å². The zero-order valence-corrected chi connectivity index (χ0v) is 13.7. The fourth-order valence-electron chi connectivity index (χ4n) is 2.61. The number of Topliss-reactive ketones (excluding diaryl/α,β-unsaturated/α-hetero) is 1. The second kappa shape index (κ2) is 7.05. The number of carbonyl (C=O) groups is 3. The third kappa shape index (κ3) is 3.61. The van der Waals surface area contributed by atoms with Crippen molar-refractivity contribution in [2.24, 2.45) is 0 Å².